The third-order valence-corrected chi connectivity index (χ3v) is 4.67. The highest BCUT2D eigenvalue weighted by molar-refractivity contribution is 5.80. The van der Waals surface area contributed by atoms with Crippen molar-refractivity contribution in [2.24, 2.45) is 17.6 Å². The van der Waals surface area contributed by atoms with Crippen LogP contribution in [-0.2, 0) is 4.79 Å². The molecule has 0 spiro atoms. The molecule has 0 aromatic carbocycles. The Morgan fingerprint density at radius 2 is 2.06 bits per heavy atom. The molecule has 2 aliphatic carbocycles. The SMILES string of the molecule is CC1CCCCC1(CN)NC(=O)C1CCC1. The highest BCUT2D eigenvalue weighted by Crippen LogP contribution is 2.34. The van der Waals surface area contributed by atoms with E-state index in [0.29, 0.717) is 12.5 Å². The van der Waals surface area contributed by atoms with Crippen LogP contribution in [0.25, 0.3) is 0 Å². The number of amides is 1. The monoisotopic (exact) mass is 224 g/mol. The Hall–Kier alpha value is -0.570. The first kappa shape index (κ1) is 11.9. The Kier molecular flexibility index (Phi) is 3.53. The minimum absolute atomic E-state index is 0.106. The average molecular weight is 224 g/mol. The molecule has 0 heterocycles. The average Bonchev–Trinajstić information content (AvgIpc) is 2.19. The van der Waals surface area contributed by atoms with Crippen molar-refractivity contribution in [3.05, 3.63) is 0 Å². The van der Waals surface area contributed by atoms with Crippen LogP contribution in [0.2, 0.25) is 0 Å². The van der Waals surface area contributed by atoms with Gasteiger partial charge in [-0.3, -0.25) is 4.79 Å². The molecule has 0 saturated heterocycles. The van der Waals surface area contributed by atoms with Gasteiger partial charge in [-0.05, 0) is 31.6 Å². The Bertz CT molecular complexity index is 263. The molecule has 2 saturated carbocycles. The highest BCUT2D eigenvalue weighted by Gasteiger charge is 2.40. The van der Waals surface area contributed by atoms with Crippen LogP contribution in [-0.4, -0.2) is 18.0 Å². The van der Waals surface area contributed by atoms with Crippen molar-refractivity contribution < 1.29 is 4.79 Å². The topological polar surface area (TPSA) is 55.1 Å². The Morgan fingerprint density at radius 1 is 1.31 bits per heavy atom. The van der Waals surface area contributed by atoms with Gasteiger partial charge < -0.3 is 11.1 Å². The Morgan fingerprint density at radius 3 is 2.56 bits per heavy atom. The van der Waals surface area contributed by atoms with Crippen LogP contribution in [0.4, 0.5) is 0 Å². The van der Waals surface area contributed by atoms with E-state index in [1.54, 1.807) is 0 Å². The van der Waals surface area contributed by atoms with Gasteiger partial charge in [0.2, 0.25) is 5.91 Å². The van der Waals surface area contributed by atoms with Crippen molar-refractivity contribution in [1.29, 1.82) is 0 Å². The van der Waals surface area contributed by atoms with Crippen molar-refractivity contribution in [1.82, 2.24) is 5.32 Å². The van der Waals surface area contributed by atoms with Crippen LogP contribution in [0.3, 0.4) is 0 Å². The fraction of sp³-hybridized carbons (Fsp3) is 0.923. The molecule has 2 atom stereocenters. The predicted molar refractivity (Wildman–Crippen MR) is 64.9 cm³/mol. The molecule has 3 N–H and O–H groups in total. The molecule has 92 valence electrons. The number of hydrogen-bond acceptors (Lipinski definition) is 2. The lowest BCUT2D eigenvalue weighted by atomic mass is 9.72. The van der Waals surface area contributed by atoms with E-state index in [9.17, 15) is 4.79 Å². The first-order chi connectivity index (χ1) is 7.68. The zero-order valence-electron chi connectivity index (χ0n) is 10.3. The van der Waals surface area contributed by atoms with E-state index in [1.165, 1.54) is 25.7 Å². The highest BCUT2D eigenvalue weighted by atomic mass is 16.2. The van der Waals surface area contributed by atoms with Gasteiger partial charge >= 0.3 is 0 Å². The van der Waals surface area contributed by atoms with Crippen molar-refractivity contribution in [2.45, 2.75) is 57.4 Å². The van der Waals surface area contributed by atoms with Crippen LogP contribution in [0, 0.1) is 11.8 Å². The first-order valence-corrected chi connectivity index (χ1v) is 6.70. The second-order valence-corrected chi connectivity index (χ2v) is 5.62. The molecule has 3 heteroatoms. The van der Waals surface area contributed by atoms with Crippen molar-refractivity contribution >= 4 is 5.91 Å². The molecule has 2 fully saturated rings. The van der Waals surface area contributed by atoms with Crippen LogP contribution in [0.5, 0.6) is 0 Å². The second-order valence-electron chi connectivity index (χ2n) is 5.62. The smallest absolute Gasteiger partial charge is 0.223 e. The van der Waals surface area contributed by atoms with Gasteiger partial charge in [0.15, 0.2) is 0 Å². The van der Waals surface area contributed by atoms with Crippen LogP contribution >= 0.6 is 0 Å². The molecule has 2 aliphatic rings. The zero-order valence-corrected chi connectivity index (χ0v) is 10.3. The number of carbonyl (C=O) groups is 1. The van der Waals surface area contributed by atoms with E-state index < -0.39 is 0 Å². The van der Waals surface area contributed by atoms with Gasteiger partial charge in [-0.25, -0.2) is 0 Å². The number of carbonyl (C=O) groups excluding carboxylic acids is 1. The summed E-state index contributed by atoms with van der Waals surface area (Å²) >= 11 is 0. The lowest BCUT2D eigenvalue weighted by Crippen LogP contribution is -2.60. The third-order valence-electron chi connectivity index (χ3n) is 4.67. The van der Waals surface area contributed by atoms with E-state index in [2.05, 4.69) is 12.2 Å². The van der Waals surface area contributed by atoms with Gasteiger partial charge in [-0.1, -0.05) is 26.2 Å². The molecule has 0 aliphatic heterocycles. The summed E-state index contributed by atoms with van der Waals surface area (Å²) in [6.07, 6.45) is 8.09. The maximum absolute atomic E-state index is 12.0. The van der Waals surface area contributed by atoms with Gasteiger partial charge in [-0.2, -0.15) is 0 Å². The summed E-state index contributed by atoms with van der Waals surface area (Å²) in [7, 11) is 0. The maximum atomic E-state index is 12.0. The van der Waals surface area contributed by atoms with E-state index in [-0.39, 0.29) is 17.4 Å². The van der Waals surface area contributed by atoms with Crippen molar-refractivity contribution in [3.8, 4) is 0 Å². The van der Waals surface area contributed by atoms with Crippen molar-refractivity contribution in [2.75, 3.05) is 6.54 Å². The lowest BCUT2D eigenvalue weighted by Gasteiger charge is -2.44. The molecule has 0 radical (unpaired) electrons. The van der Waals surface area contributed by atoms with E-state index in [1.807, 2.05) is 0 Å². The second kappa shape index (κ2) is 4.74. The predicted octanol–water partition coefficient (Wildman–Crippen LogP) is 1.81. The number of nitrogens with one attached hydrogen (secondary N) is 1. The summed E-state index contributed by atoms with van der Waals surface area (Å²) in [5.74, 6) is 1.05. The fourth-order valence-corrected chi connectivity index (χ4v) is 2.97. The van der Waals surface area contributed by atoms with Gasteiger partial charge in [0.05, 0.1) is 5.54 Å². The molecule has 0 aromatic rings. The largest absolute Gasteiger partial charge is 0.349 e. The summed E-state index contributed by atoms with van der Waals surface area (Å²) in [4.78, 5) is 12.0. The number of hydrogen-bond donors (Lipinski definition) is 2. The first-order valence-electron chi connectivity index (χ1n) is 6.70. The molecule has 3 nitrogen and oxygen atoms in total. The molecule has 1 amide bonds. The normalized spacial score (nSPS) is 35.5. The van der Waals surface area contributed by atoms with Crippen LogP contribution < -0.4 is 11.1 Å². The summed E-state index contributed by atoms with van der Waals surface area (Å²) in [6, 6.07) is 0. The zero-order chi connectivity index (χ0) is 11.6. The summed E-state index contributed by atoms with van der Waals surface area (Å²) in [6.45, 7) is 2.82. The summed E-state index contributed by atoms with van der Waals surface area (Å²) < 4.78 is 0. The quantitative estimate of drug-likeness (QED) is 0.768. The fourth-order valence-electron chi connectivity index (χ4n) is 2.97. The maximum Gasteiger partial charge on any atom is 0.223 e. The lowest BCUT2D eigenvalue weighted by molar-refractivity contribution is -0.130. The molecular weight excluding hydrogens is 200 g/mol. The Labute approximate surface area is 98.2 Å². The molecule has 0 bridgehead atoms. The molecule has 2 unspecified atom stereocenters. The molecule has 2 rings (SSSR count). The van der Waals surface area contributed by atoms with Crippen LogP contribution in [0.15, 0.2) is 0 Å². The standard InChI is InChI=1S/C13H24N2O/c1-10-5-2-3-8-13(10,9-14)15-12(16)11-6-4-7-11/h10-11H,2-9,14H2,1H3,(H,15,16). The number of rotatable bonds is 3. The van der Waals surface area contributed by atoms with Gasteiger partial charge in [0.1, 0.15) is 0 Å². The third kappa shape index (κ3) is 2.10. The summed E-state index contributed by atoms with van der Waals surface area (Å²) in [5, 5.41) is 3.27. The minimum atomic E-state index is -0.106. The summed E-state index contributed by atoms with van der Waals surface area (Å²) in [5.41, 5.74) is 5.82. The molecular formula is C13H24N2O. The van der Waals surface area contributed by atoms with Gasteiger partial charge in [0.25, 0.3) is 0 Å². The van der Waals surface area contributed by atoms with Gasteiger partial charge in [-0.15, -0.1) is 0 Å². The molecule has 16 heavy (non-hydrogen) atoms. The van der Waals surface area contributed by atoms with Crippen LogP contribution in [0.1, 0.15) is 51.9 Å². The molecule has 0 aromatic heterocycles. The minimum Gasteiger partial charge on any atom is -0.349 e. The number of nitrogens with two attached hydrogens (primary N) is 1. The van der Waals surface area contributed by atoms with E-state index in [0.717, 1.165) is 19.3 Å². The van der Waals surface area contributed by atoms with E-state index in [4.69, 9.17) is 5.73 Å². The Balaban J connectivity index is 1.99. The van der Waals surface area contributed by atoms with Crippen molar-refractivity contribution in [3.63, 3.8) is 0 Å². The van der Waals surface area contributed by atoms with Gasteiger partial charge in [0, 0.05) is 12.5 Å². The van der Waals surface area contributed by atoms with E-state index >= 15 is 0 Å².